The lowest BCUT2D eigenvalue weighted by Gasteiger charge is -2.50. The van der Waals surface area contributed by atoms with Crippen LogP contribution in [0.3, 0.4) is 0 Å². The van der Waals surface area contributed by atoms with E-state index in [-0.39, 0.29) is 17.2 Å². The zero-order chi connectivity index (χ0) is 19.4. The number of aryl methyl sites for hydroxylation is 2. The van der Waals surface area contributed by atoms with Gasteiger partial charge in [-0.3, -0.25) is 0 Å². The Labute approximate surface area is 165 Å². The second kappa shape index (κ2) is 6.13. The Balaban J connectivity index is 1.87. The number of thiocarbonyl (C=S) groups is 1. The number of hydrogen-bond donors (Lipinski definition) is 3. The minimum Gasteiger partial charge on any atom is -0.508 e. The zero-order valence-corrected chi connectivity index (χ0v) is 17.0. The Bertz CT molecular complexity index is 925. The molecule has 2 aliphatic heterocycles. The molecule has 2 aromatic rings. The highest BCUT2D eigenvalue weighted by Gasteiger charge is 2.49. The highest BCUT2D eigenvalue weighted by atomic mass is 32.1. The van der Waals surface area contributed by atoms with E-state index in [1.807, 2.05) is 13.0 Å². The van der Waals surface area contributed by atoms with E-state index in [1.54, 1.807) is 6.07 Å². The van der Waals surface area contributed by atoms with Crippen LogP contribution in [0.2, 0.25) is 0 Å². The van der Waals surface area contributed by atoms with Crippen LogP contribution in [0.1, 0.15) is 54.9 Å². The van der Waals surface area contributed by atoms with Crippen molar-refractivity contribution in [3.63, 3.8) is 0 Å². The van der Waals surface area contributed by atoms with Gasteiger partial charge >= 0.3 is 0 Å². The molecule has 0 saturated carbocycles. The quantitative estimate of drug-likeness (QED) is 0.643. The summed E-state index contributed by atoms with van der Waals surface area (Å²) < 4.78 is 6.51. The molecule has 2 aromatic carbocycles. The zero-order valence-electron chi connectivity index (χ0n) is 16.2. The molecule has 142 valence electrons. The van der Waals surface area contributed by atoms with E-state index in [0.29, 0.717) is 5.11 Å². The lowest BCUT2D eigenvalue weighted by atomic mass is 9.76. The molecule has 0 aliphatic carbocycles. The van der Waals surface area contributed by atoms with E-state index in [4.69, 9.17) is 17.0 Å². The third-order valence-corrected chi connectivity index (χ3v) is 5.69. The summed E-state index contributed by atoms with van der Waals surface area (Å²) in [6, 6.07) is 12.2. The maximum absolute atomic E-state index is 10.2. The topological polar surface area (TPSA) is 53.5 Å². The van der Waals surface area contributed by atoms with E-state index in [1.165, 1.54) is 11.1 Å². The number of benzene rings is 2. The molecule has 5 heteroatoms. The number of hydrogen-bond acceptors (Lipinski definition) is 3. The summed E-state index contributed by atoms with van der Waals surface area (Å²) in [7, 11) is 0. The van der Waals surface area contributed by atoms with Crippen LogP contribution in [-0.2, 0) is 0 Å². The number of fused-ring (bicyclic) bond motifs is 1. The fraction of sp³-hybridized carbons (Fsp3) is 0.409. The van der Waals surface area contributed by atoms with Crippen molar-refractivity contribution in [1.29, 1.82) is 0 Å². The third-order valence-electron chi connectivity index (χ3n) is 5.49. The standard InChI is InChI=1S/C22H26N2O2S/c1-13-6-5-7-15(8-13)17-11-22(12-21(3,4)23-20(27)24-22)26-18-10-16(25)9-14(2)19(17)18/h5-10,17,25H,11-12H2,1-4H3,(H2,23,24,27)/t17-,22-/m0/s1. The van der Waals surface area contributed by atoms with Gasteiger partial charge in [-0.05, 0) is 57.1 Å². The molecule has 2 atom stereocenters. The molecule has 0 bridgehead atoms. The summed E-state index contributed by atoms with van der Waals surface area (Å²) in [5.41, 5.74) is 3.91. The summed E-state index contributed by atoms with van der Waals surface area (Å²) in [4.78, 5) is 0. The van der Waals surface area contributed by atoms with Gasteiger partial charge in [-0.15, -0.1) is 0 Å². The Hall–Kier alpha value is -2.27. The molecule has 0 aromatic heterocycles. The first kappa shape index (κ1) is 18.1. The molecule has 1 spiro atoms. The van der Waals surface area contributed by atoms with E-state index in [0.717, 1.165) is 29.7 Å². The van der Waals surface area contributed by atoms with Crippen molar-refractivity contribution < 1.29 is 9.84 Å². The molecule has 0 radical (unpaired) electrons. The molecule has 27 heavy (non-hydrogen) atoms. The normalized spacial score (nSPS) is 25.9. The van der Waals surface area contributed by atoms with Gasteiger partial charge in [0.25, 0.3) is 0 Å². The van der Waals surface area contributed by atoms with Gasteiger partial charge in [-0.1, -0.05) is 29.8 Å². The summed E-state index contributed by atoms with van der Waals surface area (Å²) in [5.74, 6) is 1.12. The average molecular weight is 383 g/mol. The smallest absolute Gasteiger partial charge is 0.185 e. The largest absolute Gasteiger partial charge is 0.508 e. The fourth-order valence-corrected chi connectivity index (χ4v) is 5.13. The maximum atomic E-state index is 10.2. The molecular weight excluding hydrogens is 356 g/mol. The lowest BCUT2D eigenvalue weighted by Crippen LogP contribution is -2.69. The van der Waals surface area contributed by atoms with Crippen molar-refractivity contribution in [2.24, 2.45) is 0 Å². The van der Waals surface area contributed by atoms with Crippen molar-refractivity contribution >= 4 is 17.3 Å². The first-order valence-electron chi connectivity index (χ1n) is 9.36. The molecule has 4 rings (SSSR count). The maximum Gasteiger partial charge on any atom is 0.185 e. The molecule has 0 unspecified atom stereocenters. The Morgan fingerprint density at radius 3 is 2.63 bits per heavy atom. The average Bonchev–Trinajstić information content (AvgIpc) is 2.51. The highest BCUT2D eigenvalue weighted by Crippen LogP contribution is 2.49. The first-order valence-corrected chi connectivity index (χ1v) is 9.77. The number of aromatic hydroxyl groups is 1. The summed E-state index contributed by atoms with van der Waals surface area (Å²) >= 11 is 5.48. The van der Waals surface area contributed by atoms with Crippen molar-refractivity contribution in [3.05, 3.63) is 58.7 Å². The number of rotatable bonds is 1. The molecule has 3 N–H and O–H groups in total. The molecule has 2 heterocycles. The first-order chi connectivity index (χ1) is 12.7. The van der Waals surface area contributed by atoms with Crippen LogP contribution in [-0.4, -0.2) is 21.5 Å². The Morgan fingerprint density at radius 2 is 1.93 bits per heavy atom. The second-order valence-electron chi connectivity index (χ2n) is 8.58. The van der Waals surface area contributed by atoms with Gasteiger partial charge in [0.15, 0.2) is 10.8 Å². The van der Waals surface area contributed by atoms with Gasteiger partial charge in [0.1, 0.15) is 11.5 Å². The van der Waals surface area contributed by atoms with Crippen LogP contribution < -0.4 is 15.4 Å². The van der Waals surface area contributed by atoms with E-state index >= 15 is 0 Å². The number of nitrogens with one attached hydrogen (secondary N) is 2. The van der Waals surface area contributed by atoms with Gasteiger partial charge in [-0.2, -0.15) is 0 Å². The minimum absolute atomic E-state index is 0.165. The van der Waals surface area contributed by atoms with Gasteiger partial charge in [-0.25, -0.2) is 0 Å². The number of ether oxygens (including phenoxy) is 1. The molecular formula is C22H26N2O2S. The molecule has 2 aliphatic rings. The third kappa shape index (κ3) is 3.36. The van der Waals surface area contributed by atoms with Crippen molar-refractivity contribution in [1.82, 2.24) is 10.6 Å². The fourth-order valence-electron chi connectivity index (χ4n) is 4.67. The van der Waals surface area contributed by atoms with Gasteiger partial charge in [0, 0.05) is 35.9 Å². The van der Waals surface area contributed by atoms with E-state index < -0.39 is 5.72 Å². The Kier molecular flexibility index (Phi) is 4.11. The summed E-state index contributed by atoms with van der Waals surface area (Å²) in [6.45, 7) is 8.42. The van der Waals surface area contributed by atoms with Gasteiger partial charge in [0.2, 0.25) is 0 Å². The van der Waals surface area contributed by atoms with Gasteiger partial charge < -0.3 is 20.5 Å². The lowest BCUT2D eigenvalue weighted by molar-refractivity contribution is -0.0130. The van der Waals surface area contributed by atoms with E-state index in [9.17, 15) is 5.11 Å². The predicted octanol–water partition coefficient (Wildman–Crippen LogP) is 4.27. The highest BCUT2D eigenvalue weighted by molar-refractivity contribution is 7.80. The number of phenolic OH excluding ortho intramolecular Hbond substituents is 1. The van der Waals surface area contributed by atoms with Crippen LogP contribution in [0.4, 0.5) is 0 Å². The van der Waals surface area contributed by atoms with E-state index in [2.05, 4.69) is 55.7 Å². The SMILES string of the molecule is Cc1cccc([C@@H]2C[C@@]3(CC(C)(C)NC(=S)N3)Oc3cc(O)cc(C)c32)c1. The van der Waals surface area contributed by atoms with Crippen molar-refractivity contribution in [2.45, 2.75) is 57.7 Å². The number of phenols is 1. The van der Waals surface area contributed by atoms with Crippen LogP contribution in [0.15, 0.2) is 36.4 Å². The van der Waals surface area contributed by atoms with Crippen molar-refractivity contribution in [2.75, 3.05) is 0 Å². The molecule has 4 nitrogen and oxygen atoms in total. The van der Waals surface area contributed by atoms with Gasteiger partial charge in [0.05, 0.1) is 0 Å². The van der Waals surface area contributed by atoms with Crippen LogP contribution in [0.5, 0.6) is 11.5 Å². The van der Waals surface area contributed by atoms with Crippen LogP contribution in [0.25, 0.3) is 0 Å². The molecule has 1 fully saturated rings. The Morgan fingerprint density at radius 1 is 1.15 bits per heavy atom. The molecule has 1 saturated heterocycles. The monoisotopic (exact) mass is 382 g/mol. The molecule has 0 amide bonds. The van der Waals surface area contributed by atoms with Crippen molar-refractivity contribution in [3.8, 4) is 11.5 Å². The summed E-state index contributed by atoms with van der Waals surface area (Å²) in [5, 5.41) is 17.5. The minimum atomic E-state index is -0.604. The van der Waals surface area contributed by atoms with Crippen LogP contribution >= 0.6 is 12.2 Å². The summed E-state index contributed by atoms with van der Waals surface area (Å²) in [6.07, 6.45) is 1.54. The second-order valence-corrected chi connectivity index (χ2v) is 8.99. The van der Waals surface area contributed by atoms with Crippen LogP contribution in [0, 0.1) is 13.8 Å². The predicted molar refractivity (Wildman–Crippen MR) is 111 cm³/mol.